The van der Waals surface area contributed by atoms with Crippen LogP contribution < -0.4 is 11.1 Å². The molecule has 5 heteroatoms. The standard InChI is InChI=1S/C15H20N4O/c1-19(14(9-17)12-4-5-12)10-15(20)18-13-6-2-11(8-16)3-7-13/h2-3,6-7,12,14H,4-5,9-10,17H2,1H3,(H,18,20). The number of anilines is 1. The number of nitrogens with one attached hydrogen (secondary N) is 1. The van der Waals surface area contributed by atoms with Gasteiger partial charge in [-0.3, -0.25) is 9.69 Å². The van der Waals surface area contributed by atoms with Crippen LogP contribution in [-0.4, -0.2) is 37.0 Å². The highest BCUT2D eigenvalue weighted by Crippen LogP contribution is 2.34. The van der Waals surface area contributed by atoms with Gasteiger partial charge in [0, 0.05) is 18.3 Å². The van der Waals surface area contributed by atoms with Crippen LogP contribution in [0.3, 0.4) is 0 Å². The van der Waals surface area contributed by atoms with Gasteiger partial charge < -0.3 is 11.1 Å². The Morgan fingerprint density at radius 1 is 1.50 bits per heavy atom. The Morgan fingerprint density at radius 2 is 2.15 bits per heavy atom. The average Bonchev–Trinajstić information content (AvgIpc) is 3.25. The molecule has 0 aliphatic heterocycles. The second kappa shape index (κ2) is 6.51. The lowest BCUT2D eigenvalue weighted by Crippen LogP contribution is -2.43. The number of hydrogen-bond donors (Lipinski definition) is 2. The fourth-order valence-electron chi connectivity index (χ4n) is 2.39. The number of amides is 1. The van der Waals surface area contributed by atoms with Gasteiger partial charge in [-0.15, -0.1) is 0 Å². The molecule has 1 unspecified atom stereocenters. The lowest BCUT2D eigenvalue weighted by molar-refractivity contribution is -0.117. The first-order valence-corrected chi connectivity index (χ1v) is 6.84. The van der Waals surface area contributed by atoms with Crippen LogP contribution in [0.4, 0.5) is 5.69 Å². The molecule has 0 saturated heterocycles. The molecule has 1 amide bonds. The molecule has 0 heterocycles. The van der Waals surface area contributed by atoms with Gasteiger partial charge in [0.05, 0.1) is 18.2 Å². The summed E-state index contributed by atoms with van der Waals surface area (Å²) in [7, 11) is 1.94. The molecule has 0 radical (unpaired) electrons. The predicted octanol–water partition coefficient (Wildman–Crippen LogP) is 1.17. The van der Waals surface area contributed by atoms with Crippen molar-refractivity contribution in [3.8, 4) is 6.07 Å². The van der Waals surface area contributed by atoms with Crippen LogP contribution in [-0.2, 0) is 4.79 Å². The third-order valence-electron chi connectivity index (χ3n) is 3.66. The number of hydrogen-bond acceptors (Lipinski definition) is 4. The highest BCUT2D eigenvalue weighted by atomic mass is 16.2. The van der Waals surface area contributed by atoms with Crippen molar-refractivity contribution in [3.63, 3.8) is 0 Å². The van der Waals surface area contributed by atoms with Crippen LogP contribution in [0.1, 0.15) is 18.4 Å². The number of carbonyl (C=O) groups excluding carboxylic acids is 1. The predicted molar refractivity (Wildman–Crippen MR) is 78.0 cm³/mol. The zero-order chi connectivity index (χ0) is 14.5. The van der Waals surface area contributed by atoms with E-state index in [0.717, 1.165) is 0 Å². The van der Waals surface area contributed by atoms with Gasteiger partial charge >= 0.3 is 0 Å². The second-order valence-corrected chi connectivity index (χ2v) is 5.29. The van der Waals surface area contributed by atoms with E-state index in [2.05, 4.69) is 5.32 Å². The monoisotopic (exact) mass is 272 g/mol. The van der Waals surface area contributed by atoms with E-state index in [1.165, 1.54) is 12.8 Å². The zero-order valence-electron chi connectivity index (χ0n) is 11.7. The average molecular weight is 272 g/mol. The Hall–Kier alpha value is -1.90. The van der Waals surface area contributed by atoms with Crippen molar-refractivity contribution in [1.82, 2.24) is 4.90 Å². The minimum Gasteiger partial charge on any atom is -0.329 e. The van der Waals surface area contributed by atoms with Crippen molar-refractivity contribution in [2.45, 2.75) is 18.9 Å². The molecule has 5 nitrogen and oxygen atoms in total. The van der Waals surface area contributed by atoms with Crippen LogP contribution in [0.5, 0.6) is 0 Å². The van der Waals surface area contributed by atoms with E-state index in [-0.39, 0.29) is 5.91 Å². The molecule has 20 heavy (non-hydrogen) atoms. The summed E-state index contributed by atoms with van der Waals surface area (Å²) in [6, 6.07) is 9.18. The van der Waals surface area contributed by atoms with Crippen LogP contribution >= 0.6 is 0 Å². The number of nitrogens with zero attached hydrogens (tertiary/aromatic N) is 2. The number of nitrogens with two attached hydrogens (primary N) is 1. The molecule has 1 aliphatic carbocycles. The molecule has 2 rings (SSSR count). The summed E-state index contributed by atoms with van der Waals surface area (Å²) < 4.78 is 0. The molecule has 1 atom stereocenters. The van der Waals surface area contributed by atoms with Crippen LogP contribution in [0.2, 0.25) is 0 Å². The molecule has 1 saturated carbocycles. The molecule has 1 aliphatic rings. The first-order chi connectivity index (χ1) is 9.63. The summed E-state index contributed by atoms with van der Waals surface area (Å²) in [5, 5.41) is 11.6. The Bertz CT molecular complexity index is 502. The number of benzene rings is 1. The number of nitriles is 1. The third kappa shape index (κ3) is 3.80. The van der Waals surface area contributed by atoms with Gasteiger partial charge in [0.2, 0.25) is 5.91 Å². The van der Waals surface area contributed by atoms with E-state index in [9.17, 15) is 4.79 Å². The number of rotatable bonds is 6. The summed E-state index contributed by atoms with van der Waals surface area (Å²) in [6.45, 7) is 0.920. The normalized spacial score (nSPS) is 15.7. The molecule has 1 aromatic rings. The highest BCUT2D eigenvalue weighted by molar-refractivity contribution is 5.92. The van der Waals surface area contributed by atoms with E-state index < -0.39 is 0 Å². The van der Waals surface area contributed by atoms with Crippen molar-refractivity contribution in [3.05, 3.63) is 29.8 Å². The first-order valence-electron chi connectivity index (χ1n) is 6.84. The summed E-state index contributed by atoms with van der Waals surface area (Å²) >= 11 is 0. The van der Waals surface area contributed by atoms with Crippen molar-refractivity contribution in [1.29, 1.82) is 5.26 Å². The van der Waals surface area contributed by atoms with Crippen LogP contribution in [0.15, 0.2) is 24.3 Å². The van der Waals surface area contributed by atoms with E-state index in [1.807, 2.05) is 18.0 Å². The largest absolute Gasteiger partial charge is 0.329 e. The minimum absolute atomic E-state index is 0.0590. The summed E-state index contributed by atoms with van der Waals surface area (Å²) in [5.74, 6) is 0.587. The van der Waals surface area contributed by atoms with Gasteiger partial charge in [0.1, 0.15) is 0 Å². The molecular formula is C15H20N4O. The van der Waals surface area contributed by atoms with Crippen molar-refractivity contribution >= 4 is 11.6 Å². The van der Waals surface area contributed by atoms with Gasteiger partial charge in [-0.1, -0.05) is 0 Å². The maximum absolute atomic E-state index is 12.0. The Balaban J connectivity index is 1.86. The first kappa shape index (κ1) is 14.5. The summed E-state index contributed by atoms with van der Waals surface area (Å²) in [5.41, 5.74) is 7.06. The summed E-state index contributed by atoms with van der Waals surface area (Å²) in [6.07, 6.45) is 2.42. The van der Waals surface area contributed by atoms with Crippen molar-refractivity contribution < 1.29 is 4.79 Å². The van der Waals surface area contributed by atoms with Gasteiger partial charge in [-0.05, 0) is 50.1 Å². The molecule has 3 N–H and O–H groups in total. The van der Waals surface area contributed by atoms with E-state index in [0.29, 0.717) is 36.3 Å². The molecular weight excluding hydrogens is 252 g/mol. The Kier molecular flexibility index (Phi) is 4.72. The molecule has 1 aromatic carbocycles. The molecule has 0 aromatic heterocycles. The maximum Gasteiger partial charge on any atom is 0.238 e. The Labute approximate surface area is 119 Å². The third-order valence-corrected chi connectivity index (χ3v) is 3.66. The van der Waals surface area contributed by atoms with Crippen LogP contribution in [0.25, 0.3) is 0 Å². The Morgan fingerprint density at radius 3 is 2.65 bits per heavy atom. The molecule has 1 fully saturated rings. The summed E-state index contributed by atoms with van der Waals surface area (Å²) in [4.78, 5) is 14.0. The quantitative estimate of drug-likeness (QED) is 0.814. The smallest absolute Gasteiger partial charge is 0.238 e. The maximum atomic E-state index is 12.0. The molecule has 0 spiro atoms. The fraction of sp³-hybridized carbons (Fsp3) is 0.467. The van der Waals surface area contributed by atoms with Gasteiger partial charge in [0.25, 0.3) is 0 Å². The van der Waals surface area contributed by atoms with Gasteiger partial charge in [-0.25, -0.2) is 0 Å². The fourth-order valence-corrected chi connectivity index (χ4v) is 2.39. The van der Waals surface area contributed by atoms with E-state index in [4.69, 9.17) is 11.0 Å². The second-order valence-electron chi connectivity index (χ2n) is 5.29. The number of carbonyl (C=O) groups is 1. The highest BCUT2D eigenvalue weighted by Gasteiger charge is 2.33. The van der Waals surface area contributed by atoms with Crippen LogP contribution in [0, 0.1) is 17.2 Å². The topological polar surface area (TPSA) is 82.2 Å². The molecule has 0 bridgehead atoms. The SMILES string of the molecule is CN(CC(=O)Nc1ccc(C#N)cc1)C(CN)C1CC1. The molecule has 106 valence electrons. The van der Waals surface area contributed by atoms with Gasteiger partial charge in [0.15, 0.2) is 0 Å². The minimum atomic E-state index is -0.0590. The van der Waals surface area contributed by atoms with Gasteiger partial charge in [-0.2, -0.15) is 5.26 Å². The van der Waals surface area contributed by atoms with E-state index in [1.54, 1.807) is 24.3 Å². The van der Waals surface area contributed by atoms with Crippen molar-refractivity contribution in [2.75, 3.05) is 25.5 Å². The van der Waals surface area contributed by atoms with Crippen molar-refractivity contribution in [2.24, 2.45) is 11.7 Å². The lowest BCUT2D eigenvalue weighted by Gasteiger charge is -2.26. The lowest BCUT2D eigenvalue weighted by atomic mass is 10.1. The number of likely N-dealkylation sites (N-methyl/N-ethyl adjacent to an activating group) is 1. The van der Waals surface area contributed by atoms with E-state index >= 15 is 0 Å². The zero-order valence-corrected chi connectivity index (χ0v) is 11.7.